The Morgan fingerprint density at radius 2 is 1.42 bits per heavy atom. The number of thioether (sulfide) groups is 1. The summed E-state index contributed by atoms with van der Waals surface area (Å²) in [4.78, 5) is 59.4. The summed E-state index contributed by atoms with van der Waals surface area (Å²) in [6.45, 7) is 2.40. The number of aliphatic hydroxyl groups is 2. The van der Waals surface area contributed by atoms with Crippen LogP contribution in [0.1, 0.15) is 26.7 Å². The lowest BCUT2D eigenvalue weighted by Crippen LogP contribution is -2.61. The second-order valence-electron chi connectivity index (χ2n) is 6.83. The minimum absolute atomic E-state index is 0.0690. The van der Waals surface area contributed by atoms with Crippen molar-refractivity contribution in [1.29, 1.82) is 0 Å². The first-order chi connectivity index (χ1) is 14.3. The molecule has 0 saturated heterocycles. The first-order valence-electron chi connectivity index (χ1n) is 9.28. The summed E-state index contributed by atoms with van der Waals surface area (Å²) < 4.78 is 0. The fourth-order valence-corrected chi connectivity index (χ4v) is 2.76. The average molecular weight is 467 g/mol. The van der Waals surface area contributed by atoms with Gasteiger partial charge in [-0.2, -0.15) is 11.8 Å². The Morgan fingerprint density at radius 1 is 0.871 bits per heavy atom. The number of aliphatic hydroxyl groups excluding tert-OH is 2. The quantitative estimate of drug-likeness (QED) is 0.127. The Hall–Kier alpha value is -2.42. The van der Waals surface area contributed by atoms with Gasteiger partial charge in [0.1, 0.15) is 24.2 Å². The highest BCUT2D eigenvalue weighted by atomic mass is 32.2. The van der Waals surface area contributed by atoms with Crippen LogP contribution in [-0.4, -0.2) is 98.5 Å². The maximum atomic E-state index is 12.5. The molecule has 0 radical (unpaired) electrons. The normalized spacial score (nSPS) is 16.7. The zero-order chi connectivity index (χ0) is 24.3. The van der Waals surface area contributed by atoms with Crippen molar-refractivity contribution >= 4 is 41.4 Å². The van der Waals surface area contributed by atoms with Crippen molar-refractivity contribution in [3.05, 3.63) is 0 Å². The van der Waals surface area contributed by atoms with Crippen molar-refractivity contribution in [1.82, 2.24) is 16.0 Å². The van der Waals surface area contributed by atoms with E-state index in [-0.39, 0.29) is 6.42 Å². The second kappa shape index (κ2) is 13.8. The lowest BCUT2D eigenvalue weighted by atomic mass is 10.1. The number of hydrogen-bond donors (Lipinski definition) is 8. The van der Waals surface area contributed by atoms with Gasteiger partial charge in [-0.15, -0.1) is 0 Å². The van der Waals surface area contributed by atoms with Crippen molar-refractivity contribution in [3.63, 3.8) is 0 Å². The molecule has 9 N–H and O–H groups in total. The van der Waals surface area contributed by atoms with E-state index in [4.69, 9.17) is 10.8 Å². The number of hydrogen-bond acceptors (Lipinski definition) is 9. The molecule has 3 amide bonds. The summed E-state index contributed by atoms with van der Waals surface area (Å²) in [6, 6.07) is -6.00. The van der Waals surface area contributed by atoms with Crippen LogP contribution in [0.3, 0.4) is 0 Å². The highest BCUT2D eigenvalue weighted by Gasteiger charge is 2.33. The molecule has 0 aliphatic heterocycles. The SMILES string of the molecule is CSCCC(NC(=O)C(CC(=O)O)NC(=O)C(NC(=O)C(N)C(C)O)C(C)O)C(=O)O. The number of aliphatic carboxylic acids is 2. The monoisotopic (exact) mass is 466 g/mol. The van der Waals surface area contributed by atoms with Crippen LogP contribution in [0, 0.1) is 0 Å². The van der Waals surface area contributed by atoms with Crippen LogP contribution in [0.5, 0.6) is 0 Å². The van der Waals surface area contributed by atoms with E-state index in [1.807, 2.05) is 0 Å². The summed E-state index contributed by atoms with van der Waals surface area (Å²) >= 11 is 1.35. The number of amides is 3. The van der Waals surface area contributed by atoms with Gasteiger partial charge in [0, 0.05) is 0 Å². The molecule has 0 bridgehead atoms. The molecule has 31 heavy (non-hydrogen) atoms. The fourth-order valence-electron chi connectivity index (χ4n) is 2.28. The third-order valence-corrected chi connectivity index (χ3v) is 4.77. The van der Waals surface area contributed by atoms with E-state index in [0.29, 0.717) is 5.75 Å². The molecule has 0 saturated carbocycles. The molecule has 0 spiro atoms. The third kappa shape index (κ3) is 10.4. The van der Waals surface area contributed by atoms with Crippen molar-refractivity contribution in [2.45, 2.75) is 63.1 Å². The molecule has 0 fully saturated rings. The molecule has 0 heterocycles. The van der Waals surface area contributed by atoms with Crippen molar-refractivity contribution in [2.75, 3.05) is 12.0 Å². The van der Waals surface area contributed by atoms with E-state index < -0.39 is 72.5 Å². The van der Waals surface area contributed by atoms with Crippen LogP contribution in [-0.2, 0) is 24.0 Å². The molecular weight excluding hydrogens is 436 g/mol. The van der Waals surface area contributed by atoms with Gasteiger partial charge in [-0.1, -0.05) is 0 Å². The standard InChI is InChI=1S/C17H30N4O9S/c1-7(22)12(18)15(27)21-13(8(2)23)16(28)20-10(6-11(24)25)14(26)19-9(17(29)30)4-5-31-3/h7-10,12-13,22-23H,4-6,18H2,1-3H3,(H,19,26)(H,20,28)(H,21,27)(H,24,25)(H,29,30). The Kier molecular flexibility index (Phi) is 12.7. The van der Waals surface area contributed by atoms with Crippen molar-refractivity contribution in [2.24, 2.45) is 5.73 Å². The van der Waals surface area contributed by atoms with Crippen molar-refractivity contribution < 1.29 is 44.4 Å². The minimum atomic E-state index is -1.68. The number of carbonyl (C=O) groups excluding carboxylic acids is 3. The molecule has 0 aliphatic rings. The van der Waals surface area contributed by atoms with E-state index >= 15 is 0 Å². The Balaban J connectivity index is 5.42. The highest BCUT2D eigenvalue weighted by molar-refractivity contribution is 7.98. The van der Waals surface area contributed by atoms with Gasteiger partial charge in [-0.3, -0.25) is 19.2 Å². The lowest BCUT2D eigenvalue weighted by molar-refractivity contribution is -0.144. The van der Waals surface area contributed by atoms with Crippen LogP contribution in [0.4, 0.5) is 0 Å². The van der Waals surface area contributed by atoms with Crippen LogP contribution < -0.4 is 21.7 Å². The maximum absolute atomic E-state index is 12.5. The van der Waals surface area contributed by atoms with Crippen LogP contribution in [0.25, 0.3) is 0 Å². The van der Waals surface area contributed by atoms with Gasteiger partial charge in [-0.25, -0.2) is 4.79 Å². The zero-order valence-corrected chi connectivity index (χ0v) is 18.2. The number of rotatable bonds is 14. The minimum Gasteiger partial charge on any atom is -0.481 e. The number of nitrogens with one attached hydrogen (secondary N) is 3. The summed E-state index contributed by atoms with van der Waals surface area (Å²) in [7, 11) is 0. The number of carboxylic acids is 2. The molecular formula is C17H30N4O9S. The van der Waals surface area contributed by atoms with Gasteiger partial charge in [0.2, 0.25) is 17.7 Å². The van der Waals surface area contributed by atoms with E-state index in [2.05, 4.69) is 16.0 Å². The van der Waals surface area contributed by atoms with Gasteiger partial charge in [-0.05, 0) is 32.3 Å². The fraction of sp³-hybridized carbons (Fsp3) is 0.706. The molecule has 13 nitrogen and oxygen atoms in total. The molecule has 0 aromatic rings. The smallest absolute Gasteiger partial charge is 0.326 e. The van der Waals surface area contributed by atoms with Crippen LogP contribution in [0.2, 0.25) is 0 Å². The highest BCUT2D eigenvalue weighted by Crippen LogP contribution is 2.04. The first-order valence-corrected chi connectivity index (χ1v) is 10.7. The molecule has 14 heteroatoms. The molecule has 0 aromatic carbocycles. The summed E-state index contributed by atoms with van der Waals surface area (Å²) in [5.41, 5.74) is 5.47. The third-order valence-electron chi connectivity index (χ3n) is 4.12. The van der Waals surface area contributed by atoms with E-state index in [1.54, 1.807) is 6.26 Å². The van der Waals surface area contributed by atoms with Gasteiger partial charge < -0.3 is 42.1 Å². The zero-order valence-electron chi connectivity index (χ0n) is 17.4. The molecule has 0 aromatic heterocycles. The number of carbonyl (C=O) groups is 5. The first kappa shape index (κ1) is 28.6. The summed E-state index contributed by atoms with van der Waals surface area (Å²) in [5, 5.41) is 43.8. The molecule has 178 valence electrons. The Bertz CT molecular complexity index is 660. The number of carboxylic acid groups (broad SMARTS) is 2. The van der Waals surface area contributed by atoms with Crippen LogP contribution >= 0.6 is 11.8 Å². The van der Waals surface area contributed by atoms with E-state index in [1.165, 1.54) is 18.7 Å². The van der Waals surface area contributed by atoms with Gasteiger partial charge in [0.25, 0.3) is 0 Å². The topological polar surface area (TPSA) is 228 Å². The van der Waals surface area contributed by atoms with Gasteiger partial charge in [0.05, 0.1) is 18.6 Å². The summed E-state index contributed by atoms with van der Waals surface area (Å²) in [6.07, 6.45) is -1.79. The number of nitrogens with two attached hydrogens (primary N) is 1. The largest absolute Gasteiger partial charge is 0.481 e. The summed E-state index contributed by atoms with van der Waals surface area (Å²) in [5.74, 6) is -5.49. The Morgan fingerprint density at radius 3 is 1.84 bits per heavy atom. The molecule has 0 rings (SSSR count). The maximum Gasteiger partial charge on any atom is 0.326 e. The van der Waals surface area contributed by atoms with E-state index in [9.17, 15) is 39.3 Å². The van der Waals surface area contributed by atoms with Gasteiger partial charge in [0.15, 0.2) is 0 Å². The van der Waals surface area contributed by atoms with Gasteiger partial charge >= 0.3 is 11.9 Å². The average Bonchev–Trinajstić information content (AvgIpc) is 2.66. The van der Waals surface area contributed by atoms with Crippen LogP contribution in [0.15, 0.2) is 0 Å². The predicted molar refractivity (Wildman–Crippen MR) is 110 cm³/mol. The molecule has 0 aliphatic carbocycles. The van der Waals surface area contributed by atoms with Crippen molar-refractivity contribution in [3.8, 4) is 0 Å². The Labute approximate surface area is 183 Å². The van der Waals surface area contributed by atoms with E-state index in [0.717, 1.165) is 6.92 Å². The lowest BCUT2D eigenvalue weighted by Gasteiger charge is -2.26. The second-order valence-corrected chi connectivity index (χ2v) is 7.82. The predicted octanol–water partition coefficient (Wildman–Crippen LogP) is -3.16. The molecule has 6 unspecified atom stereocenters. The molecule has 6 atom stereocenters.